The van der Waals surface area contributed by atoms with Gasteiger partial charge in [-0.05, 0) is 18.2 Å². The van der Waals surface area contributed by atoms with Crippen molar-refractivity contribution in [2.24, 2.45) is 0 Å². The Labute approximate surface area is 145 Å². The van der Waals surface area contributed by atoms with Crippen molar-refractivity contribution in [2.45, 2.75) is 6.42 Å². The van der Waals surface area contributed by atoms with E-state index in [0.29, 0.717) is 43.4 Å². The largest absolute Gasteiger partial charge is 0.454 e. The lowest BCUT2D eigenvalue weighted by atomic mass is 10.1. The third-order valence-electron chi connectivity index (χ3n) is 4.65. The molecule has 5 nitrogen and oxygen atoms in total. The van der Waals surface area contributed by atoms with E-state index in [1.807, 2.05) is 34.1 Å². The number of rotatable bonds is 3. The van der Waals surface area contributed by atoms with E-state index >= 15 is 0 Å². The maximum atomic E-state index is 13.9. The number of piperazine rings is 1. The number of anilines is 1. The number of halogens is 1. The number of carbonyl (C=O) groups is 1. The second-order valence-corrected chi connectivity index (χ2v) is 6.15. The maximum Gasteiger partial charge on any atom is 0.231 e. The fraction of sp³-hybridized carbons (Fsp3) is 0.316. The number of carbonyl (C=O) groups excluding carboxylic acids is 1. The van der Waals surface area contributed by atoms with Gasteiger partial charge in [0.2, 0.25) is 12.7 Å². The molecule has 1 saturated heterocycles. The first kappa shape index (κ1) is 15.7. The van der Waals surface area contributed by atoms with Crippen molar-refractivity contribution >= 4 is 11.6 Å². The van der Waals surface area contributed by atoms with Gasteiger partial charge >= 0.3 is 0 Å². The van der Waals surface area contributed by atoms with Crippen LogP contribution in [0.3, 0.4) is 0 Å². The van der Waals surface area contributed by atoms with Crippen molar-refractivity contribution in [3.63, 3.8) is 0 Å². The summed E-state index contributed by atoms with van der Waals surface area (Å²) < 4.78 is 24.7. The van der Waals surface area contributed by atoms with Crippen molar-refractivity contribution in [1.29, 1.82) is 0 Å². The molecule has 0 bridgehead atoms. The number of fused-ring (bicyclic) bond motifs is 1. The molecule has 0 radical (unpaired) electrons. The van der Waals surface area contributed by atoms with Crippen LogP contribution >= 0.6 is 0 Å². The first-order valence-electron chi connectivity index (χ1n) is 8.37. The van der Waals surface area contributed by atoms with Gasteiger partial charge in [-0.2, -0.15) is 0 Å². The molecular weight excluding hydrogens is 323 g/mol. The summed E-state index contributed by atoms with van der Waals surface area (Å²) in [4.78, 5) is 16.4. The zero-order valence-corrected chi connectivity index (χ0v) is 13.8. The Hall–Kier alpha value is -2.76. The van der Waals surface area contributed by atoms with E-state index in [-0.39, 0.29) is 24.9 Å². The molecular formula is C19H19FN2O3. The van der Waals surface area contributed by atoms with E-state index in [0.717, 1.165) is 5.56 Å². The molecule has 2 aromatic carbocycles. The van der Waals surface area contributed by atoms with Crippen molar-refractivity contribution in [3.8, 4) is 11.5 Å². The van der Waals surface area contributed by atoms with Gasteiger partial charge in [0.15, 0.2) is 11.5 Å². The average Bonchev–Trinajstić information content (AvgIpc) is 3.12. The maximum absolute atomic E-state index is 13.9. The van der Waals surface area contributed by atoms with Crippen LogP contribution in [0, 0.1) is 5.82 Å². The SMILES string of the molecule is O=C(Cc1cccc2c1OCO2)N1CCN(c2ccccc2F)CC1. The van der Waals surface area contributed by atoms with E-state index in [9.17, 15) is 9.18 Å². The molecule has 0 aromatic heterocycles. The molecule has 0 aliphatic carbocycles. The predicted octanol–water partition coefficient (Wildman–Crippen LogP) is 2.45. The van der Waals surface area contributed by atoms with E-state index in [1.165, 1.54) is 6.07 Å². The zero-order chi connectivity index (χ0) is 17.2. The normalized spacial score (nSPS) is 16.2. The molecule has 0 spiro atoms. The summed E-state index contributed by atoms with van der Waals surface area (Å²) in [7, 11) is 0. The zero-order valence-electron chi connectivity index (χ0n) is 13.8. The molecule has 130 valence electrons. The Morgan fingerprint density at radius 1 is 1.00 bits per heavy atom. The molecule has 1 fully saturated rings. The van der Waals surface area contributed by atoms with Gasteiger partial charge in [0.25, 0.3) is 0 Å². The van der Waals surface area contributed by atoms with Crippen LogP contribution in [0.1, 0.15) is 5.56 Å². The summed E-state index contributed by atoms with van der Waals surface area (Å²) in [6.07, 6.45) is 0.284. The van der Waals surface area contributed by atoms with Gasteiger partial charge < -0.3 is 19.3 Å². The standard InChI is InChI=1S/C19H19FN2O3/c20-15-5-1-2-6-16(15)21-8-10-22(11-9-21)18(23)12-14-4-3-7-17-19(14)25-13-24-17/h1-7H,8-13H2. The summed E-state index contributed by atoms with van der Waals surface area (Å²) in [5, 5.41) is 0. The third kappa shape index (κ3) is 3.12. The Morgan fingerprint density at radius 3 is 2.60 bits per heavy atom. The highest BCUT2D eigenvalue weighted by Crippen LogP contribution is 2.35. The third-order valence-corrected chi connectivity index (χ3v) is 4.65. The molecule has 25 heavy (non-hydrogen) atoms. The number of ether oxygens (including phenoxy) is 2. The summed E-state index contributed by atoms with van der Waals surface area (Å²) in [6, 6.07) is 12.3. The molecule has 0 unspecified atom stereocenters. The van der Waals surface area contributed by atoms with Crippen LogP contribution < -0.4 is 14.4 Å². The fourth-order valence-corrected chi connectivity index (χ4v) is 3.31. The molecule has 2 aromatic rings. The van der Waals surface area contributed by atoms with Gasteiger partial charge in [0.05, 0.1) is 12.1 Å². The number of benzene rings is 2. The van der Waals surface area contributed by atoms with Gasteiger partial charge in [0.1, 0.15) is 5.82 Å². The number of hydrogen-bond acceptors (Lipinski definition) is 4. The fourth-order valence-electron chi connectivity index (χ4n) is 3.31. The highest BCUT2D eigenvalue weighted by molar-refractivity contribution is 5.80. The predicted molar refractivity (Wildman–Crippen MR) is 91.5 cm³/mol. The molecule has 4 rings (SSSR count). The number of nitrogens with zero attached hydrogens (tertiary/aromatic N) is 2. The van der Waals surface area contributed by atoms with Gasteiger partial charge in [-0.25, -0.2) is 4.39 Å². The van der Waals surface area contributed by atoms with Gasteiger partial charge in [0, 0.05) is 31.7 Å². The van der Waals surface area contributed by atoms with Crippen LogP contribution in [0.2, 0.25) is 0 Å². The lowest BCUT2D eigenvalue weighted by Crippen LogP contribution is -2.49. The van der Waals surface area contributed by atoms with Crippen LogP contribution in [0.15, 0.2) is 42.5 Å². The average molecular weight is 342 g/mol. The van der Waals surface area contributed by atoms with Gasteiger partial charge in [-0.15, -0.1) is 0 Å². The van der Waals surface area contributed by atoms with Crippen LogP contribution in [0.25, 0.3) is 0 Å². The topological polar surface area (TPSA) is 42.0 Å². The Morgan fingerprint density at radius 2 is 1.80 bits per heavy atom. The lowest BCUT2D eigenvalue weighted by molar-refractivity contribution is -0.130. The highest BCUT2D eigenvalue weighted by Gasteiger charge is 2.25. The van der Waals surface area contributed by atoms with Crippen molar-refractivity contribution in [2.75, 3.05) is 37.9 Å². The molecule has 6 heteroatoms. The highest BCUT2D eigenvalue weighted by atomic mass is 19.1. The smallest absolute Gasteiger partial charge is 0.231 e. The summed E-state index contributed by atoms with van der Waals surface area (Å²) in [5.41, 5.74) is 1.44. The van der Waals surface area contributed by atoms with E-state index < -0.39 is 0 Å². The van der Waals surface area contributed by atoms with E-state index in [4.69, 9.17) is 9.47 Å². The number of amides is 1. The van der Waals surface area contributed by atoms with Crippen molar-refractivity contribution in [3.05, 3.63) is 53.8 Å². The van der Waals surface area contributed by atoms with E-state index in [1.54, 1.807) is 12.1 Å². The minimum absolute atomic E-state index is 0.0529. The van der Waals surface area contributed by atoms with Crippen LogP contribution in [0.4, 0.5) is 10.1 Å². The van der Waals surface area contributed by atoms with Crippen molar-refractivity contribution < 1.29 is 18.7 Å². The van der Waals surface area contributed by atoms with Crippen LogP contribution in [-0.2, 0) is 11.2 Å². The van der Waals surface area contributed by atoms with Crippen LogP contribution in [0.5, 0.6) is 11.5 Å². The first-order chi connectivity index (χ1) is 12.2. The molecule has 1 amide bonds. The van der Waals surface area contributed by atoms with Crippen molar-refractivity contribution in [1.82, 2.24) is 4.90 Å². The van der Waals surface area contributed by atoms with Gasteiger partial charge in [-0.1, -0.05) is 24.3 Å². The van der Waals surface area contributed by atoms with Gasteiger partial charge in [-0.3, -0.25) is 4.79 Å². The lowest BCUT2D eigenvalue weighted by Gasteiger charge is -2.36. The number of para-hydroxylation sites is 2. The number of hydrogen-bond donors (Lipinski definition) is 0. The Kier molecular flexibility index (Phi) is 4.17. The minimum atomic E-state index is -0.223. The second kappa shape index (κ2) is 6.63. The summed E-state index contributed by atoms with van der Waals surface area (Å²) in [6.45, 7) is 2.61. The van der Waals surface area contributed by atoms with E-state index in [2.05, 4.69) is 0 Å². The Bertz CT molecular complexity index is 788. The quantitative estimate of drug-likeness (QED) is 0.859. The second-order valence-electron chi connectivity index (χ2n) is 6.15. The van der Waals surface area contributed by atoms with Crippen LogP contribution in [-0.4, -0.2) is 43.8 Å². The first-order valence-corrected chi connectivity index (χ1v) is 8.37. The minimum Gasteiger partial charge on any atom is -0.454 e. The molecule has 2 aliphatic rings. The molecule has 0 atom stereocenters. The molecule has 2 aliphatic heterocycles. The molecule has 2 heterocycles. The Balaban J connectivity index is 1.39. The molecule has 0 N–H and O–H groups in total. The molecule has 0 saturated carbocycles. The summed E-state index contributed by atoms with van der Waals surface area (Å²) >= 11 is 0. The summed E-state index contributed by atoms with van der Waals surface area (Å²) in [5.74, 6) is 1.19. The monoisotopic (exact) mass is 342 g/mol.